The Morgan fingerprint density at radius 1 is 1.22 bits per heavy atom. The number of likely N-dealkylation sites (N-methyl/N-ethyl adjacent to an activating group) is 1. The SMILES string of the molecule is CCOC(=O)c1nc(OC[C@@H]2C[C@@H](F)CN2C)nc(N2CCN(C(=O)OC(C)(C)C)C[C@@H]2C)c1[N+](=O)[O-]. The van der Waals surface area contributed by atoms with Crippen LogP contribution in [0.25, 0.3) is 0 Å². The summed E-state index contributed by atoms with van der Waals surface area (Å²) in [6.45, 7) is 9.58. The van der Waals surface area contributed by atoms with Gasteiger partial charge in [0, 0.05) is 38.3 Å². The van der Waals surface area contributed by atoms with Gasteiger partial charge in [0.2, 0.25) is 11.5 Å². The van der Waals surface area contributed by atoms with Crippen LogP contribution in [-0.4, -0.2) is 107 Å². The maximum absolute atomic E-state index is 13.8. The number of amides is 1. The minimum Gasteiger partial charge on any atom is -0.462 e. The van der Waals surface area contributed by atoms with Crippen molar-refractivity contribution in [1.82, 2.24) is 19.8 Å². The molecule has 0 radical (unpaired) electrons. The van der Waals surface area contributed by atoms with Gasteiger partial charge in [0.05, 0.1) is 11.5 Å². The zero-order valence-electron chi connectivity index (χ0n) is 22.1. The van der Waals surface area contributed by atoms with Gasteiger partial charge < -0.3 is 24.0 Å². The predicted molar refractivity (Wildman–Crippen MR) is 131 cm³/mol. The number of nitrogens with zero attached hydrogens (tertiary/aromatic N) is 6. The number of aromatic nitrogens is 2. The summed E-state index contributed by atoms with van der Waals surface area (Å²) in [4.78, 5) is 49.8. The van der Waals surface area contributed by atoms with Crippen LogP contribution in [0.1, 0.15) is 51.5 Å². The van der Waals surface area contributed by atoms with Crippen LogP contribution in [-0.2, 0) is 9.47 Å². The molecule has 37 heavy (non-hydrogen) atoms. The summed E-state index contributed by atoms with van der Waals surface area (Å²) in [5.74, 6) is -1.10. The Morgan fingerprint density at radius 3 is 2.46 bits per heavy atom. The van der Waals surface area contributed by atoms with Gasteiger partial charge in [-0.05, 0) is 48.1 Å². The molecule has 0 N–H and O–H groups in total. The van der Waals surface area contributed by atoms with Crippen LogP contribution in [0.5, 0.6) is 6.01 Å². The van der Waals surface area contributed by atoms with Crippen molar-refractivity contribution in [2.75, 3.05) is 51.3 Å². The number of carbonyl (C=O) groups excluding carboxylic acids is 2. The first kappa shape index (κ1) is 28.3. The minimum atomic E-state index is -0.982. The molecule has 0 spiro atoms. The molecular weight excluding hydrogens is 491 g/mol. The molecule has 3 atom stereocenters. The summed E-state index contributed by atoms with van der Waals surface area (Å²) in [5, 5.41) is 12.1. The summed E-state index contributed by atoms with van der Waals surface area (Å²) in [6, 6.07) is -0.897. The van der Waals surface area contributed by atoms with Gasteiger partial charge in [-0.1, -0.05) is 0 Å². The standard InChI is InChI=1S/C23H35FN6O7/c1-7-35-20(31)17-18(30(33)34)19(26-21(25-17)36-13-16-10-15(24)12-27(16)6)29-9-8-28(11-14(29)2)22(32)37-23(3,4)5/h14-16H,7-13H2,1-6H3/t14-,15+,16-/m0/s1. The maximum atomic E-state index is 13.8. The molecule has 0 unspecified atom stereocenters. The number of carbonyl (C=O) groups is 2. The molecule has 1 aromatic rings. The molecule has 2 aliphatic rings. The highest BCUT2D eigenvalue weighted by molar-refractivity contribution is 5.94. The van der Waals surface area contributed by atoms with Gasteiger partial charge in [0.1, 0.15) is 18.4 Å². The zero-order valence-corrected chi connectivity index (χ0v) is 22.1. The lowest BCUT2D eigenvalue weighted by Gasteiger charge is -2.40. The maximum Gasteiger partial charge on any atom is 0.410 e. The third-order valence-electron chi connectivity index (χ3n) is 6.09. The van der Waals surface area contributed by atoms with Crippen LogP contribution >= 0.6 is 0 Å². The van der Waals surface area contributed by atoms with Gasteiger partial charge in [-0.2, -0.15) is 9.97 Å². The lowest BCUT2D eigenvalue weighted by Crippen LogP contribution is -2.55. The lowest BCUT2D eigenvalue weighted by atomic mass is 10.1. The minimum absolute atomic E-state index is 0.0127. The first-order chi connectivity index (χ1) is 17.3. The molecule has 0 aliphatic carbocycles. The largest absolute Gasteiger partial charge is 0.462 e. The Morgan fingerprint density at radius 2 is 1.92 bits per heavy atom. The van der Waals surface area contributed by atoms with E-state index in [-0.39, 0.29) is 63.7 Å². The average Bonchev–Trinajstić information content (AvgIpc) is 3.12. The second-order valence-electron chi connectivity index (χ2n) is 10.2. The molecule has 2 saturated heterocycles. The van der Waals surface area contributed by atoms with Crippen molar-refractivity contribution in [1.29, 1.82) is 0 Å². The molecule has 3 heterocycles. The Hall–Kier alpha value is -3.29. The average molecular weight is 527 g/mol. The number of anilines is 1. The van der Waals surface area contributed by atoms with Crippen molar-refractivity contribution in [3.05, 3.63) is 15.8 Å². The highest BCUT2D eigenvalue weighted by Gasteiger charge is 2.38. The van der Waals surface area contributed by atoms with E-state index in [0.29, 0.717) is 0 Å². The van der Waals surface area contributed by atoms with E-state index in [1.54, 1.807) is 51.5 Å². The van der Waals surface area contributed by atoms with Crippen molar-refractivity contribution >= 4 is 23.6 Å². The quantitative estimate of drug-likeness (QED) is 0.294. The summed E-state index contributed by atoms with van der Waals surface area (Å²) in [6.07, 6.45) is -1.20. The summed E-state index contributed by atoms with van der Waals surface area (Å²) in [5.41, 5.74) is -1.80. The van der Waals surface area contributed by atoms with E-state index in [1.807, 2.05) is 0 Å². The van der Waals surface area contributed by atoms with E-state index < -0.39 is 46.2 Å². The van der Waals surface area contributed by atoms with Crippen LogP contribution in [0.15, 0.2) is 0 Å². The second kappa shape index (κ2) is 11.4. The zero-order chi connectivity index (χ0) is 27.5. The molecule has 1 aromatic heterocycles. The van der Waals surface area contributed by atoms with Gasteiger partial charge in [-0.15, -0.1) is 0 Å². The summed E-state index contributed by atoms with van der Waals surface area (Å²) in [7, 11) is 1.77. The van der Waals surface area contributed by atoms with Crippen molar-refractivity contribution in [3.63, 3.8) is 0 Å². The fraction of sp³-hybridized carbons (Fsp3) is 0.739. The molecule has 14 heteroatoms. The van der Waals surface area contributed by atoms with Gasteiger partial charge >= 0.3 is 23.8 Å². The number of halogens is 1. The number of hydrogen-bond donors (Lipinski definition) is 0. The van der Waals surface area contributed by atoms with Crippen LogP contribution in [0.4, 0.5) is 20.7 Å². The van der Waals surface area contributed by atoms with Crippen molar-refractivity contribution in [3.8, 4) is 6.01 Å². The van der Waals surface area contributed by atoms with E-state index >= 15 is 0 Å². The molecule has 0 bridgehead atoms. The van der Waals surface area contributed by atoms with Gasteiger partial charge in [0.15, 0.2) is 0 Å². The topological polar surface area (TPSA) is 140 Å². The number of hydrogen-bond acceptors (Lipinski definition) is 11. The van der Waals surface area contributed by atoms with E-state index in [1.165, 1.54) is 4.90 Å². The molecule has 0 saturated carbocycles. The molecule has 2 aliphatic heterocycles. The van der Waals surface area contributed by atoms with Crippen molar-refractivity contribution < 1.29 is 33.1 Å². The molecule has 0 aromatic carbocycles. The van der Waals surface area contributed by atoms with E-state index in [4.69, 9.17) is 14.2 Å². The van der Waals surface area contributed by atoms with Crippen LogP contribution in [0, 0.1) is 10.1 Å². The lowest BCUT2D eigenvalue weighted by molar-refractivity contribution is -0.385. The number of alkyl halides is 1. The fourth-order valence-corrected chi connectivity index (χ4v) is 4.34. The number of rotatable bonds is 7. The Kier molecular flexibility index (Phi) is 8.72. The van der Waals surface area contributed by atoms with Crippen LogP contribution in [0.2, 0.25) is 0 Å². The molecule has 206 valence electrons. The molecule has 13 nitrogen and oxygen atoms in total. The van der Waals surface area contributed by atoms with E-state index in [0.717, 1.165) is 0 Å². The normalized spacial score (nSPS) is 22.6. The summed E-state index contributed by atoms with van der Waals surface area (Å²) < 4.78 is 29.9. The van der Waals surface area contributed by atoms with E-state index in [2.05, 4.69) is 9.97 Å². The first-order valence-electron chi connectivity index (χ1n) is 12.3. The van der Waals surface area contributed by atoms with Gasteiger partial charge in [-0.3, -0.25) is 15.0 Å². The highest BCUT2D eigenvalue weighted by Crippen LogP contribution is 2.34. The predicted octanol–water partition coefficient (Wildman–Crippen LogP) is 2.43. The number of esters is 1. The number of nitro groups is 1. The third-order valence-corrected chi connectivity index (χ3v) is 6.09. The third kappa shape index (κ3) is 6.93. The van der Waals surface area contributed by atoms with Crippen molar-refractivity contribution in [2.24, 2.45) is 0 Å². The van der Waals surface area contributed by atoms with E-state index in [9.17, 15) is 24.1 Å². The van der Waals surface area contributed by atoms with Crippen LogP contribution < -0.4 is 9.64 Å². The Labute approximate surface area is 215 Å². The number of piperazine rings is 1. The fourth-order valence-electron chi connectivity index (χ4n) is 4.34. The number of likely N-dealkylation sites (tertiary alicyclic amines) is 1. The van der Waals surface area contributed by atoms with Gasteiger partial charge in [0.25, 0.3) is 0 Å². The second-order valence-corrected chi connectivity index (χ2v) is 10.2. The smallest absolute Gasteiger partial charge is 0.410 e. The van der Waals surface area contributed by atoms with Gasteiger partial charge in [-0.25, -0.2) is 14.0 Å². The van der Waals surface area contributed by atoms with Crippen LogP contribution in [0.3, 0.4) is 0 Å². The molecule has 1 amide bonds. The van der Waals surface area contributed by atoms with Crippen molar-refractivity contribution in [2.45, 2.75) is 64.9 Å². The molecule has 2 fully saturated rings. The Bertz CT molecular complexity index is 1020. The number of ether oxygens (including phenoxy) is 3. The first-order valence-corrected chi connectivity index (χ1v) is 12.3. The summed E-state index contributed by atoms with van der Waals surface area (Å²) >= 11 is 0. The monoisotopic (exact) mass is 526 g/mol. The highest BCUT2D eigenvalue weighted by atomic mass is 19.1. The molecular formula is C23H35FN6O7. The molecule has 3 rings (SSSR count). The Balaban J connectivity index is 1.92.